The monoisotopic (exact) mass is 306 g/mol. The highest BCUT2D eigenvalue weighted by molar-refractivity contribution is 5.81. The lowest BCUT2D eigenvalue weighted by molar-refractivity contribution is -0.148. The van der Waals surface area contributed by atoms with Crippen molar-refractivity contribution in [1.82, 2.24) is 0 Å². The van der Waals surface area contributed by atoms with Crippen molar-refractivity contribution in [2.24, 2.45) is 5.92 Å². The molecule has 0 aliphatic heterocycles. The van der Waals surface area contributed by atoms with Crippen molar-refractivity contribution in [2.75, 3.05) is 14.2 Å². The molecule has 1 aromatic rings. The maximum atomic E-state index is 11.3. The van der Waals surface area contributed by atoms with Crippen LogP contribution in [0.2, 0.25) is 0 Å². The first-order valence-electron chi connectivity index (χ1n) is 7.00. The van der Waals surface area contributed by atoms with E-state index in [9.17, 15) is 9.59 Å². The second-order valence-electron chi connectivity index (χ2n) is 4.88. The van der Waals surface area contributed by atoms with Gasteiger partial charge >= 0.3 is 11.9 Å². The van der Waals surface area contributed by atoms with Crippen molar-refractivity contribution in [3.8, 4) is 0 Å². The van der Waals surface area contributed by atoms with Gasteiger partial charge in [0, 0.05) is 26.0 Å². The summed E-state index contributed by atoms with van der Waals surface area (Å²) in [6.45, 7) is 3.23. The Bertz CT molecular complexity index is 509. The summed E-state index contributed by atoms with van der Waals surface area (Å²) in [7, 11) is 2.89. The van der Waals surface area contributed by atoms with Gasteiger partial charge in [-0.1, -0.05) is 37.3 Å². The van der Waals surface area contributed by atoms with E-state index in [1.807, 2.05) is 37.3 Å². The van der Waals surface area contributed by atoms with E-state index in [-0.39, 0.29) is 12.0 Å². The Morgan fingerprint density at radius 1 is 1.14 bits per heavy atom. The second kappa shape index (κ2) is 9.00. The minimum absolute atomic E-state index is 0.183. The molecule has 0 heterocycles. The molecule has 0 unspecified atom stereocenters. The molecule has 0 aromatic heterocycles. The summed E-state index contributed by atoms with van der Waals surface area (Å²) in [4.78, 5) is 22.6. The highest BCUT2D eigenvalue weighted by Gasteiger charge is 2.27. The van der Waals surface area contributed by atoms with Crippen LogP contribution in [0.4, 0.5) is 0 Å². The summed E-state index contributed by atoms with van der Waals surface area (Å²) < 4.78 is 15.4. The number of esters is 2. The summed E-state index contributed by atoms with van der Waals surface area (Å²) in [6, 6.07) is 9.64. The predicted molar refractivity (Wildman–Crippen MR) is 82.1 cm³/mol. The second-order valence-corrected chi connectivity index (χ2v) is 4.88. The van der Waals surface area contributed by atoms with Crippen molar-refractivity contribution in [2.45, 2.75) is 26.1 Å². The average molecular weight is 306 g/mol. The summed E-state index contributed by atoms with van der Waals surface area (Å²) in [5.74, 6) is -1.11. The van der Waals surface area contributed by atoms with E-state index < -0.39 is 18.0 Å². The minimum atomic E-state index is -0.596. The highest BCUT2D eigenvalue weighted by atomic mass is 16.5. The molecule has 22 heavy (non-hydrogen) atoms. The Hall–Kier alpha value is -2.14. The Kier molecular flexibility index (Phi) is 7.32. The Morgan fingerprint density at radius 3 is 2.27 bits per heavy atom. The number of rotatable bonds is 7. The first-order valence-corrected chi connectivity index (χ1v) is 7.00. The van der Waals surface area contributed by atoms with Crippen LogP contribution >= 0.6 is 0 Å². The van der Waals surface area contributed by atoms with Crippen LogP contribution in [-0.2, 0) is 23.8 Å². The zero-order valence-electron chi connectivity index (χ0n) is 13.3. The quantitative estimate of drug-likeness (QED) is 0.572. The van der Waals surface area contributed by atoms with Gasteiger partial charge in [-0.05, 0) is 11.6 Å². The molecule has 5 heteroatoms. The third-order valence-corrected chi connectivity index (χ3v) is 3.30. The molecule has 0 N–H and O–H groups in total. The van der Waals surface area contributed by atoms with E-state index in [1.165, 1.54) is 26.2 Å². The summed E-state index contributed by atoms with van der Waals surface area (Å²) in [5.41, 5.74) is 0.973. The third-order valence-electron chi connectivity index (χ3n) is 3.30. The highest BCUT2D eigenvalue weighted by Crippen LogP contribution is 2.29. The number of ether oxygens (including phenoxy) is 3. The van der Waals surface area contributed by atoms with Crippen molar-refractivity contribution < 1.29 is 23.8 Å². The molecule has 0 fully saturated rings. The van der Waals surface area contributed by atoms with Crippen molar-refractivity contribution in [1.29, 1.82) is 0 Å². The van der Waals surface area contributed by atoms with Gasteiger partial charge in [0.1, 0.15) is 6.10 Å². The molecule has 0 aliphatic rings. The van der Waals surface area contributed by atoms with Gasteiger partial charge in [-0.25, -0.2) is 4.79 Å². The minimum Gasteiger partial charge on any atom is -0.466 e. The average Bonchev–Trinajstić information content (AvgIpc) is 2.52. The summed E-state index contributed by atoms with van der Waals surface area (Å²) >= 11 is 0. The molecule has 0 saturated carbocycles. The van der Waals surface area contributed by atoms with Gasteiger partial charge < -0.3 is 14.2 Å². The van der Waals surface area contributed by atoms with Gasteiger partial charge in [0.15, 0.2) is 0 Å². The van der Waals surface area contributed by atoms with E-state index in [0.29, 0.717) is 0 Å². The van der Waals surface area contributed by atoms with Crippen LogP contribution in [0, 0.1) is 5.92 Å². The first kappa shape index (κ1) is 17.9. The van der Waals surface area contributed by atoms with E-state index in [4.69, 9.17) is 9.47 Å². The normalized spacial score (nSPS) is 15.1. The van der Waals surface area contributed by atoms with Gasteiger partial charge in [-0.2, -0.15) is 0 Å². The molecule has 0 aliphatic carbocycles. The maximum absolute atomic E-state index is 11.3. The molecule has 120 valence electrons. The van der Waals surface area contributed by atoms with Crippen LogP contribution in [0.3, 0.4) is 0 Å². The zero-order valence-corrected chi connectivity index (χ0v) is 13.3. The van der Waals surface area contributed by atoms with Gasteiger partial charge in [-0.15, -0.1) is 0 Å². The van der Waals surface area contributed by atoms with Crippen molar-refractivity contribution in [3.05, 3.63) is 48.0 Å². The molecule has 0 saturated heterocycles. The van der Waals surface area contributed by atoms with Gasteiger partial charge in [0.25, 0.3) is 0 Å². The third kappa shape index (κ3) is 5.33. The van der Waals surface area contributed by atoms with Crippen molar-refractivity contribution >= 4 is 11.9 Å². The molecule has 0 amide bonds. The molecule has 1 rings (SSSR count). The van der Waals surface area contributed by atoms with Crippen LogP contribution in [-0.4, -0.2) is 32.3 Å². The Morgan fingerprint density at radius 2 is 1.77 bits per heavy atom. The van der Waals surface area contributed by atoms with Crippen LogP contribution in [0.15, 0.2) is 42.5 Å². The Labute approximate surface area is 130 Å². The fraction of sp³-hybridized carbons (Fsp3) is 0.412. The van der Waals surface area contributed by atoms with Crippen LogP contribution in [0.5, 0.6) is 0 Å². The lowest BCUT2D eigenvalue weighted by atomic mass is 9.92. The van der Waals surface area contributed by atoms with Crippen LogP contribution < -0.4 is 0 Å². The zero-order chi connectivity index (χ0) is 16.5. The van der Waals surface area contributed by atoms with Gasteiger partial charge in [0.05, 0.1) is 13.2 Å². The molecule has 0 bridgehead atoms. The van der Waals surface area contributed by atoms with E-state index in [1.54, 1.807) is 7.11 Å². The number of hydrogen-bond acceptors (Lipinski definition) is 5. The Balaban J connectivity index is 2.98. The number of methoxy groups -OCH3 is 2. The van der Waals surface area contributed by atoms with Crippen molar-refractivity contribution in [3.63, 3.8) is 0 Å². The molecular weight excluding hydrogens is 284 g/mol. The number of hydrogen-bond donors (Lipinski definition) is 0. The molecular formula is C17H22O5. The number of benzene rings is 1. The first-order chi connectivity index (χ1) is 10.5. The maximum Gasteiger partial charge on any atom is 0.330 e. The van der Waals surface area contributed by atoms with Crippen LogP contribution in [0.25, 0.3) is 0 Å². The molecule has 0 spiro atoms. The molecule has 5 nitrogen and oxygen atoms in total. The SMILES string of the molecule is COC(=O)/C=C/[C@H](OC(C)=O)[C@H](C)[C@@H](OC)c1ccccc1. The van der Waals surface area contributed by atoms with Gasteiger partial charge in [-0.3, -0.25) is 4.79 Å². The predicted octanol–water partition coefficient (Wildman–Crippen LogP) is 2.67. The molecule has 0 radical (unpaired) electrons. The standard InChI is InChI=1S/C17H22O5/c1-12(17(21-4)14-8-6-5-7-9-14)15(22-13(2)18)10-11-16(19)20-3/h5-12,15,17H,1-4H3/b11-10+/t12-,15-,17+/m0/s1. The van der Waals surface area contributed by atoms with Gasteiger partial charge in [0.2, 0.25) is 0 Å². The fourth-order valence-corrected chi connectivity index (χ4v) is 2.22. The number of carbonyl (C=O) groups is 2. The molecule has 3 atom stereocenters. The topological polar surface area (TPSA) is 61.8 Å². The largest absolute Gasteiger partial charge is 0.466 e. The lowest BCUT2D eigenvalue weighted by Crippen LogP contribution is -2.28. The van der Waals surface area contributed by atoms with Crippen LogP contribution in [0.1, 0.15) is 25.5 Å². The lowest BCUT2D eigenvalue weighted by Gasteiger charge is -2.28. The van der Waals surface area contributed by atoms with E-state index >= 15 is 0 Å². The van der Waals surface area contributed by atoms with E-state index in [0.717, 1.165) is 5.56 Å². The molecule has 1 aromatic carbocycles. The fourth-order valence-electron chi connectivity index (χ4n) is 2.22. The van der Waals surface area contributed by atoms with E-state index in [2.05, 4.69) is 4.74 Å². The summed E-state index contributed by atoms with van der Waals surface area (Å²) in [5, 5.41) is 0. The smallest absolute Gasteiger partial charge is 0.330 e. The number of carbonyl (C=O) groups excluding carboxylic acids is 2. The summed E-state index contributed by atoms with van der Waals surface area (Å²) in [6.07, 6.45) is 1.91.